The highest BCUT2D eigenvalue weighted by atomic mass is 16.5. The van der Waals surface area contributed by atoms with Gasteiger partial charge in [-0.25, -0.2) is 0 Å². The molecule has 2 aliphatic rings. The van der Waals surface area contributed by atoms with Crippen molar-refractivity contribution in [2.45, 2.75) is 37.1 Å². The van der Waals surface area contributed by atoms with Crippen molar-refractivity contribution in [1.82, 2.24) is 5.32 Å². The number of hydrogen-bond donors (Lipinski definition) is 2. The third-order valence-corrected chi connectivity index (χ3v) is 4.27. The Balaban J connectivity index is 1.93. The number of nitrogens with one attached hydrogen (secondary N) is 1. The van der Waals surface area contributed by atoms with Gasteiger partial charge in [-0.15, -0.1) is 0 Å². The van der Waals surface area contributed by atoms with Crippen molar-refractivity contribution in [2.24, 2.45) is 0 Å². The van der Waals surface area contributed by atoms with E-state index in [2.05, 4.69) is 5.32 Å². The Morgan fingerprint density at radius 3 is 2.82 bits per heavy atom. The number of phenolic OH excluding ortho intramolecular Hbond substituents is 1. The molecule has 1 atom stereocenters. The van der Waals surface area contributed by atoms with Gasteiger partial charge in [-0.2, -0.15) is 0 Å². The molecule has 1 aromatic rings. The Kier molecular flexibility index (Phi) is 2.51. The lowest BCUT2D eigenvalue weighted by atomic mass is 9.87. The van der Waals surface area contributed by atoms with Gasteiger partial charge in [0.15, 0.2) is 11.5 Å². The first kappa shape index (κ1) is 10.9. The van der Waals surface area contributed by atoms with Gasteiger partial charge < -0.3 is 15.2 Å². The number of ether oxygens (including phenoxy) is 1. The van der Waals surface area contributed by atoms with Gasteiger partial charge in [0.25, 0.3) is 0 Å². The molecule has 1 aromatic carbocycles. The SMILES string of the molecule is COc1cc(C2(C3CCCN3)CC2)ccc1O. The Hall–Kier alpha value is -1.22. The topological polar surface area (TPSA) is 41.5 Å². The summed E-state index contributed by atoms with van der Waals surface area (Å²) in [6.45, 7) is 1.14. The van der Waals surface area contributed by atoms with Gasteiger partial charge in [-0.05, 0) is 49.9 Å². The zero-order valence-electron chi connectivity index (χ0n) is 10.2. The second kappa shape index (κ2) is 3.91. The monoisotopic (exact) mass is 233 g/mol. The molecule has 0 aromatic heterocycles. The Labute approximate surface area is 102 Å². The van der Waals surface area contributed by atoms with Gasteiger partial charge in [0.05, 0.1) is 7.11 Å². The summed E-state index contributed by atoms with van der Waals surface area (Å²) in [6.07, 6.45) is 5.04. The van der Waals surface area contributed by atoms with E-state index in [0.717, 1.165) is 6.54 Å². The molecule has 17 heavy (non-hydrogen) atoms. The number of phenols is 1. The van der Waals surface area contributed by atoms with E-state index in [1.54, 1.807) is 13.2 Å². The van der Waals surface area contributed by atoms with Crippen LogP contribution in [0.15, 0.2) is 18.2 Å². The molecule has 1 unspecified atom stereocenters. The minimum Gasteiger partial charge on any atom is -0.504 e. The van der Waals surface area contributed by atoms with Crippen LogP contribution in [0.1, 0.15) is 31.2 Å². The molecule has 0 bridgehead atoms. The van der Waals surface area contributed by atoms with Crippen LogP contribution in [0.5, 0.6) is 11.5 Å². The van der Waals surface area contributed by atoms with Gasteiger partial charge in [-0.3, -0.25) is 0 Å². The minimum absolute atomic E-state index is 0.228. The van der Waals surface area contributed by atoms with E-state index >= 15 is 0 Å². The molecular weight excluding hydrogens is 214 g/mol. The highest BCUT2D eigenvalue weighted by Gasteiger charge is 2.51. The van der Waals surface area contributed by atoms with Crippen molar-refractivity contribution < 1.29 is 9.84 Å². The summed E-state index contributed by atoms with van der Waals surface area (Å²) in [6, 6.07) is 6.41. The smallest absolute Gasteiger partial charge is 0.160 e. The summed E-state index contributed by atoms with van der Waals surface area (Å²) in [5.41, 5.74) is 1.61. The highest BCUT2D eigenvalue weighted by Crippen LogP contribution is 2.53. The fourth-order valence-corrected chi connectivity index (χ4v) is 3.12. The van der Waals surface area contributed by atoms with E-state index in [0.29, 0.717) is 17.2 Å². The molecular formula is C14H19NO2. The van der Waals surface area contributed by atoms with Crippen LogP contribution in [0, 0.1) is 0 Å². The van der Waals surface area contributed by atoms with Crippen LogP contribution in [0.3, 0.4) is 0 Å². The third kappa shape index (κ3) is 1.69. The van der Waals surface area contributed by atoms with Crippen molar-refractivity contribution >= 4 is 0 Å². The lowest BCUT2D eigenvalue weighted by Crippen LogP contribution is -2.34. The maximum absolute atomic E-state index is 9.65. The van der Waals surface area contributed by atoms with E-state index < -0.39 is 0 Å². The first-order valence-corrected chi connectivity index (χ1v) is 6.37. The predicted octanol–water partition coefficient (Wildman–Crippen LogP) is 2.18. The minimum atomic E-state index is 0.228. The maximum Gasteiger partial charge on any atom is 0.160 e. The molecule has 2 fully saturated rings. The zero-order valence-corrected chi connectivity index (χ0v) is 10.2. The normalized spacial score (nSPS) is 25.8. The standard InChI is InChI=1S/C14H19NO2/c1-17-12-9-10(4-5-11(12)16)14(6-7-14)13-3-2-8-15-13/h4-5,9,13,15-16H,2-3,6-8H2,1H3. The lowest BCUT2D eigenvalue weighted by molar-refractivity contribution is 0.371. The fraction of sp³-hybridized carbons (Fsp3) is 0.571. The molecule has 1 heterocycles. The van der Waals surface area contributed by atoms with E-state index in [1.165, 1.54) is 31.2 Å². The summed E-state index contributed by atoms with van der Waals surface area (Å²) >= 11 is 0. The third-order valence-electron chi connectivity index (χ3n) is 4.27. The first-order chi connectivity index (χ1) is 8.26. The van der Waals surface area contributed by atoms with Gasteiger partial charge in [0.1, 0.15) is 0 Å². The lowest BCUT2D eigenvalue weighted by Gasteiger charge is -2.24. The van der Waals surface area contributed by atoms with Crippen LogP contribution >= 0.6 is 0 Å². The second-order valence-electron chi connectivity index (χ2n) is 5.19. The van der Waals surface area contributed by atoms with Crippen LogP contribution in [0.4, 0.5) is 0 Å². The summed E-state index contributed by atoms with van der Waals surface area (Å²) in [4.78, 5) is 0. The van der Waals surface area contributed by atoms with Crippen LogP contribution in [-0.4, -0.2) is 24.8 Å². The molecule has 0 amide bonds. The molecule has 3 heteroatoms. The summed E-state index contributed by atoms with van der Waals surface area (Å²) < 4.78 is 5.20. The number of methoxy groups -OCH3 is 1. The predicted molar refractivity (Wildman–Crippen MR) is 66.6 cm³/mol. The molecule has 1 saturated heterocycles. The second-order valence-corrected chi connectivity index (χ2v) is 5.19. The number of aromatic hydroxyl groups is 1. The van der Waals surface area contributed by atoms with Crippen LogP contribution in [0.25, 0.3) is 0 Å². The number of benzene rings is 1. The summed E-state index contributed by atoms with van der Waals surface area (Å²) in [5.74, 6) is 0.818. The van der Waals surface area contributed by atoms with E-state index in [9.17, 15) is 5.11 Å². The van der Waals surface area contributed by atoms with E-state index in [4.69, 9.17) is 4.74 Å². The van der Waals surface area contributed by atoms with Crippen molar-refractivity contribution in [3.05, 3.63) is 23.8 Å². The quantitative estimate of drug-likeness (QED) is 0.841. The number of hydrogen-bond acceptors (Lipinski definition) is 3. The van der Waals surface area contributed by atoms with Crippen molar-refractivity contribution in [3.8, 4) is 11.5 Å². The van der Waals surface area contributed by atoms with E-state index in [-0.39, 0.29) is 5.75 Å². The molecule has 92 valence electrons. The fourth-order valence-electron chi connectivity index (χ4n) is 3.12. The first-order valence-electron chi connectivity index (χ1n) is 6.37. The Morgan fingerprint density at radius 2 is 2.24 bits per heavy atom. The molecule has 0 radical (unpaired) electrons. The van der Waals surface area contributed by atoms with Gasteiger partial charge in [-0.1, -0.05) is 6.07 Å². The molecule has 1 saturated carbocycles. The molecule has 2 N–H and O–H groups in total. The average Bonchev–Trinajstić information content (AvgIpc) is 2.97. The van der Waals surface area contributed by atoms with Crippen molar-refractivity contribution in [2.75, 3.05) is 13.7 Å². The summed E-state index contributed by atoms with van der Waals surface area (Å²) in [7, 11) is 1.60. The van der Waals surface area contributed by atoms with Gasteiger partial charge in [0.2, 0.25) is 0 Å². The highest BCUT2D eigenvalue weighted by molar-refractivity contribution is 5.47. The van der Waals surface area contributed by atoms with Gasteiger partial charge in [0, 0.05) is 11.5 Å². The zero-order chi connectivity index (χ0) is 11.9. The van der Waals surface area contributed by atoms with Gasteiger partial charge >= 0.3 is 0 Å². The molecule has 3 rings (SSSR count). The maximum atomic E-state index is 9.65. The summed E-state index contributed by atoms with van der Waals surface area (Å²) in [5, 5.41) is 13.3. The molecule has 1 aliphatic heterocycles. The van der Waals surface area contributed by atoms with E-state index in [1.807, 2.05) is 12.1 Å². The molecule has 0 spiro atoms. The van der Waals surface area contributed by atoms with Crippen molar-refractivity contribution in [1.29, 1.82) is 0 Å². The molecule has 1 aliphatic carbocycles. The average molecular weight is 233 g/mol. The Bertz CT molecular complexity index is 420. The Morgan fingerprint density at radius 1 is 1.41 bits per heavy atom. The largest absolute Gasteiger partial charge is 0.504 e. The molecule has 3 nitrogen and oxygen atoms in total. The van der Waals surface area contributed by atoms with Crippen LogP contribution in [0.2, 0.25) is 0 Å². The van der Waals surface area contributed by atoms with Crippen LogP contribution < -0.4 is 10.1 Å². The number of rotatable bonds is 3. The van der Waals surface area contributed by atoms with Crippen LogP contribution in [-0.2, 0) is 5.41 Å². The van der Waals surface area contributed by atoms with Crippen molar-refractivity contribution in [3.63, 3.8) is 0 Å².